The number of aliphatic hydroxyl groups excluding tert-OH is 1. The highest BCUT2D eigenvalue weighted by Gasteiger charge is 2.66. The lowest BCUT2D eigenvalue weighted by atomic mass is 9.40. The molecule has 2 aromatic rings. The quantitative estimate of drug-likeness (QED) is 0.585. The smallest absolute Gasteiger partial charge is 0.0892 e. The minimum Gasteiger partial charge on any atom is -0.393 e. The van der Waals surface area contributed by atoms with Crippen LogP contribution >= 0.6 is 0 Å². The highest BCUT2D eigenvalue weighted by atomic mass is 16.6. The van der Waals surface area contributed by atoms with E-state index in [2.05, 4.69) is 63.9 Å². The predicted molar refractivity (Wildman–Crippen MR) is 125 cm³/mol. The number of hydrogen-bond acceptors (Lipinski definition) is 2. The van der Waals surface area contributed by atoms with Crippen molar-refractivity contribution in [1.82, 2.24) is 4.98 Å². The molecule has 0 spiro atoms. The molecule has 0 radical (unpaired) electrons. The van der Waals surface area contributed by atoms with E-state index in [1.807, 2.05) is 0 Å². The highest BCUT2D eigenvalue weighted by Crippen LogP contribution is 2.70. The van der Waals surface area contributed by atoms with Gasteiger partial charge in [-0.1, -0.05) is 39.0 Å². The van der Waals surface area contributed by atoms with E-state index in [4.69, 9.17) is 4.74 Å². The molecular weight excluding hydrogens is 382 g/mol. The van der Waals surface area contributed by atoms with Gasteiger partial charge in [0.15, 0.2) is 0 Å². The van der Waals surface area contributed by atoms with Crippen LogP contribution in [0.3, 0.4) is 0 Å². The molecule has 3 fully saturated rings. The molecule has 1 saturated heterocycles. The minimum atomic E-state index is -0.198. The Morgan fingerprint density at radius 2 is 1.81 bits per heavy atom. The zero-order chi connectivity index (χ0) is 21.8. The van der Waals surface area contributed by atoms with Gasteiger partial charge < -0.3 is 14.8 Å². The van der Waals surface area contributed by atoms with E-state index in [1.54, 1.807) is 5.56 Å². The van der Waals surface area contributed by atoms with Crippen LogP contribution in [0.25, 0.3) is 10.9 Å². The Kier molecular flexibility index (Phi) is 4.04. The van der Waals surface area contributed by atoms with Gasteiger partial charge in [0.25, 0.3) is 0 Å². The average molecular weight is 422 g/mol. The second-order valence-electron chi connectivity index (χ2n) is 12.5. The van der Waals surface area contributed by atoms with Gasteiger partial charge in [0.05, 0.1) is 17.8 Å². The van der Waals surface area contributed by atoms with Crippen LogP contribution in [0.5, 0.6) is 0 Å². The van der Waals surface area contributed by atoms with Crippen LogP contribution in [0, 0.1) is 22.7 Å². The van der Waals surface area contributed by atoms with Crippen molar-refractivity contribution in [1.29, 1.82) is 0 Å². The van der Waals surface area contributed by atoms with E-state index in [1.165, 1.54) is 35.9 Å². The van der Waals surface area contributed by atoms with Gasteiger partial charge in [-0.3, -0.25) is 0 Å². The summed E-state index contributed by atoms with van der Waals surface area (Å²) in [6, 6.07) is 8.87. The first-order valence-corrected chi connectivity index (χ1v) is 12.6. The lowest BCUT2D eigenvalue weighted by Crippen LogP contribution is -2.62. The molecule has 1 aliphatic heterocycles. The lowest BCUT2D eigenvalue weighted by molar-refractivity contribution is -0.167. The van der Waals surface area contributed by atoms with Crippen molar-refractivity contribution >= 4 is 10.9 Å². The third-order valence-electron chi connectivity index (χ3n) is 11.0. The molecule has 7 atom stereocenters. The van der Waals surface area contributed by atoms with Crippen LogP contribution in [0.4, 0.5) is 0 Å². The first-order chi connectivity index (χ1) is 14.6. The van der Waals surface area contributed by atoms with Gasteiger partial charge >= 0.3 is 0 Å². The standard InChI is InChI=1S/C28H39NO2/c1-25(2)23(31-25)13-14-26(3)21-11-10-17-16-19-18-8-6-7-9-20(18)29-24(19)28(17,5)27(21,4)15-12-22(26)30/h6-9,17,21-23,29-30H,10-16H2,1-5H3/t17-,21-,22-,23+,26-,27-,28+/m0/s1. The molecule has 4 aliphatic rings. The molecule has 2 N–H and O–H groups in total. The largest absolute Gasteiger partial charge is 0.393 e. The first kappa shape index (κ1) is 20.3. The Morgan fingerprint density at radius 3 is 2.55 bits per heavy atom. The molecule has 3 heteroatoms. The molecule has 0 bridgehead atoms. The number of aliphatic hydroxyl groups is 1. The van der Waals surface area contributed by atoms with Crippen LogP contribution < -0.4 is 0 Å². The van der Waals surface area contributed by atoms with E-state index in [9.17, 15) is 5.11 Å². The van der Waals surface area contributed by atoms with Gasteiger partial charge in [-0.15, -0.1) is 0 Å². The summed E-state index contributed by atoms with van der Waals surface area (Å²) in [6.45, 7) is 11.9. The van der Waals surface area contributed by atoms with Crippen LogP contribution in [0.2, 0.25) is 0 Å². The van der Waals surface area contributed by atoms with Gasteiger partial charge in [0, 0.05) is 22.0 Å². The Labute approximate surface area is 187 Å². The molecule has 3 aliphatic carbocycles. The van der Waals surface area contributed by atoms with Gasteiger partial charge in [0.2, 0.25) is 0 Å². The SMILES string of the molecule is CC1(C)O[C@@H]1CC[C@]1(C)[C@@H](O)CC[C@@]2(C)[C@H]1CC[C@H]1Cc3c([nH]c4ccccc34)[C@@]12C. The maximum Gasteiger partial charge on any atom is 0.0892 e. The topological polar surface area (TPSA) is 48.5 Å². The molecule has 2 saturated carbocycles. The molecule has 0 amide bonds. The van der Waals surface area contributed by atoms with Crippen LogP contribution in [-0.4, -0.2) is 27.9 Å². The average Bonchev–Trinajstić information content (AvgIpc) is 3.05. The number of aromatic nitrogens is 1. The number of nitrogens with one attached hydrogen (secondary N) is 1. The number of para-hydroxylation sites is 1. The van der Waals surface area contributed by atoms with Crippen molar-refractivity contribution in [2.45, 2.75) is 103 Å². The molecular formula is C28H39NO2. The number of fused-ring (bicyclic) bond motifs is 7. The summed E-state index contributed by atoms with van der Waals surface area (Å²) in [6.07, 6.45) is 8.11. The van der Waals surface area contributed by atoms with Gasteiger partial charge in [-0.25, -0.2) is 0 Å². The van der Waals surface area contributed by atoms with E-state index in [0.717, 1.165) is 25.7 Å². The molecule has 2 heterocycles. The maximum absolute atomic E-state index is 11.3. The summed E-state index contributed by atoms with van der Waals surface area (Å²) < 4.78 is 5.92. The minimum absolute atomic E-state index is 0.0300. The van der Waals surface area contributed by atoms with Crippen LogP contribution in [0.15, 0.2) is 24.3 Å². The lowest BCUT2D eigenvalue weighted by Gasteiger charge is -2.65. The number of hydrogen-bond donors (Lipinski definition) is 2. The Morgan fingerprint density at radius 1 is 1.06 bits per heavy atom. The van der Waals surface area contributed by atoms with Crippen LogP contribution in [0.1, 0.15) is 84.4 Å². The molecule has 1 aromatic heterocycles. The highest BCUT2D eigenvalue weighted by molar-refractivity contribution is 5.86. The molecule has 3 nitrogen and oxygen atoms in total. The fourth-order valence-electron chi connectivity index (χ4n) is 8.71. The van der Waals surface area contributed by atoms with E-state index >= 15 is 0 Å². The summed E-state index contributed by atoms with van der Waals surface area (Å²) in [4.78, 5) is 3.90. The summed E-state index contributed by atoms with van der Waals surface area (Å²) in [5.41, 5.74) is 4.74. The van der Waals surface area contributed by atoms with Crippen molar-refractivity contribution < 1.29 is 9.84 Å². The second-order valence-corrected chi connectivity index (χ2v) is 12.5. The van der Waals surface area contributed by atoms with Gasteiger partial charge in [0.1, 0.15) is 0 Å². The number of epoxide rings is 1. The third kappa shape index (κ3) is 2.48. The molecule has 6 rings (SSSR count). The fraction of sp³-hybridized carbons (Fsp3) is 0.714. The number of rotatable bonds is 3. The first-order valence-electron chi connectivity index (χ1n) is 12.6. The number of aromatic amines is 1. The zero-order valence-electron chi connectivity index (χ0n) is 19.9. The summed E-state index contributed by atoms with van der Waals surface area (Å²) in [7, 11) is 0. The summed E-state index contributed by atoms with van der Waals surface area (Å²) in [5, 5.41) is 12.8. The number of benzene rings is 1. The summed E-state index contributed by atoms with van der Waals surface area (Å²) in [5.74, 6) is 1.26. The van der Waals surface area contributed by atoms with Crippen molar-refractivity contribution in [2.75, 3.05) is 0 Å². The molecule has 0 unspecified atom stereocenters. The Bertz CT molecular complexity index is 1040. The molecule has 31 heavy (non-hydrogen) atoms. The fourth-order valence-corrected chi connectivity index (χ4v) is 8.71. The predicted octanol–water partition coefficient (Wildman–Crippen LogP) is 6.13. The van der Waals surface area contributed by atoms with Gasteiger partial charge in [-0.2, -0.15) is 0 Å². The monoisotopic (exact) mass is 421 g/mol. The van der Waals surface area contributed by atoms with Gasteiger partial charge in [-0.05, 0) is 93.1 Å². The Hall–Kier alpha value is -1.32. The maximum atomic E-state index is 11.3. The summed E-state index contributed by atoms with van der Waals surface area (Å²) >= 11 is 0. The van der Waals surface area contributed by atoms with E-state index < -0.39 is 0 Å². The van der Waals surface area contributed by atoms with Crippen molar-refractivity contribution in [3.8, 4) is 0 Å². The second kappa shape index (κ2) is 6.17. The number of H-pyrrole nitrogens is 1. The zero-order valence-corrected chi connectivity index (χ0v) is 19.9. The van der Waals surface area contributed by atoms with Crippen molar-refractivity contribution in [2.24, 2.45) is 22.7 Å². The normalized spacial score (nSPS) is 45.2. The Balaban J connectivity index is 1.40. The molecule has 1 aromatic carbocycles. The number of ether oxygens (including phenoxy) is 1. The van der Waals surface area contributed by atoms with E-state index in [0.29, 0.717) is 17.9 Å². The van der Waals surface area contributed by atoms with Crippen molar-refractivity contribution in [3.63, 3.8) is 0 Å². The van der Waals surface area contributed by atoms with Crippen molar-refractivity contribution in [3.05, 3.63) is 35.5 Å². The van der Waals surface area contributed by atoms with E-state index in [-0.39, 0.29) is 27.9 Å². The third-order valence-corrected chi connectivity index (χ3v) is 11.0. The molecule has 168 valence electrons. The van der Waals surface area contributed by atoms with Crippen LogP contribution in [-0.2, 0) is 16.6 Å².